The zero-order valence-electron chi connectivity index (χ0n) is 13.2. The maximum absolute atomic E-state index is 12.4. The normalized spacial score (nSPS) is 22.6. The van der Waals surface area contributed by atoms with Crippen LogP contribution in [0.15, 0.2) is 6.07 Å². The second kappa shape index (κ2) is 6.28. The maximum atomic E-state index is 12.4. The van der Waals surface area contributed by atoms with Crippen molar-refractivity contribution in [2.24, 2.45) is 0 Å². The van der Waals surface area contributed by atoms with Gasteiger partial charge in [0.05, 0.1) is 17.9 Å². The molecule has 1 aliphatic heterocycles. The Hall–Kier alpha value is -1.85. The number of piperazine rings is 1. The minimum absolute atomic E-state index is 0.0247. The summed E-state index contributed by atoms with van der Waals surface area (Å²) in [7, 11) is 0. The predicted octanol–water partition coefficient (Wildman–Crippen LogP) is 1.09. The van der Waals surface area contributed by atoms with Gasteiger partial charge >= 0.3 is 0 Å². The lowest BCUT2D eigenvalue weighted by Crippen LogP contribution is -2.61. The number of rotatable bonds is 5. The molecule has 2 unspecified atom stereocenters. The first-order valence-corrected chi connectivity index (χ1v) is 7.68. The quantitative estimate of drug-likeness (QED) is 0.883. The summed E-state index contributed by atoms with van der Waals surface area (Å²) < 4.78 is 1.91. The SMILES string of the molecule is CCc1cc(CN2C(=O)C(C)NC(=O)C2CC)n(CC)n1. The molecule has 6 nitrogen and oxygen atoms in total. The zero-order valence-corrected chi connectivity index (χ0v) is 13.2. The van der Waals surface area contributed by atoms with E-state index in [0.717, 1.165) is 24.4 Å². The average Bonchev–Trinajstić information content (AvgIpc) is 2.87. The van der Waals surface area contributed by atoms with Gasteiger partial charge in [-0.15, -0.1) is 0 Å². The van der Waals surface area contributed by atoms with Crippen molar-refractivity contribution in [2.75, 3.05) is 0 Å². The molecule has 116 valence electrons. The van der Waals surface area contributed by atoms with Crippen molar-refractivity contribution in [1.29, 1.82) is 0 Å². The highest BCUT2D eigenvalue weighted by molar-refractivity contribution is 5.96. The van der Waals surface area contributed by atoms with Crippen molar-refractivity contribution in [3.63, 3.8) is 0 Å². The van der Waals surface area contributed by atoms with Gasteiger partial charge in [0.15, 0.2) is 0 Å². The van der Waals surface area contributed by atoms with E-state index in [4.69, 9.17) is 0 Å². The van der Waals surface area contributed by atoms with Gasteiger partial charge in [-0.2, -0.15) is 5.10 Å². The number of aromatic nitrogens is 2. The van der Waals surface area contributed by atoms with E-state index in [0.29, 0.717) is 13.0 Å². The van der Waals surface area contributed by atoms with Crippen molar-refractivity contribution in [3.05, 3.63) is 17.5 Å². The van der Waals surface area contributed by atoms with E-state index in [1.54, 1.807) is 11.8 Å². The Bertz CT molecular complexity index is 538. The van der Waals surface area contributed by atoms with Gasteiger partial charge in [-0.05, 0) is 32.8 Å². The van der Waals surface area contributed by atoms with Crippen LogP contribution in [0.4, 0.5) is 0 Å². The average molecular weight is 292 g/mol. The first-order chi connectivity index (χ1) is 10.0. The molecule has 2 atom stereocenters. The van der Waals surface area contributed by atoms with Crippen molar-refractivity contribution in [2.45, 2.75) is 65.7 Å². The molecule has 1 fully saturated rings. The fourth-order valence-corrected chi connectivity index (χ4v) is 2.77. The van der Waals surface area contributed by atoms with Crippen molar-refractivity contribution < 1.29 is 9.59 Å². The van der Waals surface area contributed by atoms with Crippen molar-refractivity contribution in [1.82, 2.24) is 20.0 Å². The first kappa shape index (κ1) is 15.5. The smallest absolute Gasteiger partial charge is 0.245 e. The summed E-state index contributed by atoms with van der Waals surface area (Å²) in [5.41, 5.74) is 2.00. The van der Waals surface area contributed by atoms with Gasteiger partial charge in [-0.3, -0.25) is 14.3 Å². The van der Waals surface area contributed by atoms with Gasteiger partial charge in [-0.1, -0.05) is 13.8 Å². The highest BCUT2D eigenvalue weighted by Crippen LogP contribution is 2.18. The van der Waals surface area contributed by atoms with E-state index in [9.17, 15) is 9.59 Å². The van der Waals surface area contributed by atoms with Crippen LogP contribution in [-0.4, -0.2) is 38.6 Å². The van der Waals surface area contributed by atoms with Crippen LogP contribution in [0.5, 0.6) is 0 Å². The molecule has 1 aromatic heterocycles. The molecule has 1 N–H and O–H groups in total. The molecule has 0 saturated carbocycles. The summed E-state index contributed by atoms with van der Waals surface area (Å²) in [6, 6.07) is 1.18. The summed E-state index contributed by atoms with van der Waals surface area (Å²) in [5.74, 6) is -0.0915. The van der Waals surface area contributed by atoms with Gasteiger partial charge < -0.3 is 10.2 Å². The van der Waals surface area contributed by atoms with E-state index >= 15 is 0 Å². The van der Waals surface area contributed by atoms with E-state index in [-0.39, 0.29) is 17.9 Å². The lowest BCUT2D eigenvalue weighted by atomic mass is 10.1. The summed E-state index contributed by atoms with van der Waals surface area (Å²) in [5, 5.41) is 7.24. The molecule has 2 rings (SSSR count). The molecule has 1 aromatic rings. The number of hydrogen-bond acceptors (Lipinski definition) is 3. The van der Waals surface area contributed by atoms with E-state index < -0.39 is 6.04 Å². The summed E-state index contributed by atoms with van der Waals surface area (Å²) in [6.45, 7) is 8.94. The van der Waals surface area contributed by atoms with Gasteiger partial charge in [0.1, 0.15) is 12.1 Å². The van der Waals surface area contributed by atoms with Gasteiger partial charge in [0, 0.05) is 6.54 Å². The second-order valence-corrected chi connectivity index (χ2v) is 5.42. The monoisotopic (exact) mass is 292 g/mol. The van der Waals surface area contributed by atoms with Crippen LogP contribution in [0.1, 0.15) is 45.5 Å². The van der Waals surface area contributed by atoms with Crippen LogP contribution in [0, 0.1) is 0 Å². The fourth-order valence-electron chi connectivity index (χ4n) is 2.77. The van der Waals surface area contributed by atoms with Crippen molar-refractivity contribution >= 4 is 11.8 Å². The minimum atomic E-state index is -0.455. The Morgan fingerprint density at radius 2 is 2.00 bits per heavy atom. The number of amides is 2. The van der Waals surface area contributed by atoms with Gasteiger partial charge in [-0.25, -0.2) is 0 Å². The van der Waals surface area contributed by atoms with Crippen LogP contribution in [0.2, 0.25) is 0 Å². The Morgan fingerprint density at radius 1 is 1.29 bits per heavy atom. The minimum Gasteiger partial charge on any atom is -0.343 e. The number of nitrogens with one attached hydrogen (secondary N) is 1. The third kappa shape index (κ3) is 2.94. The number of hydrogen-bond donors (Lipinski definition) is 1. The topological polar surface area (TPSA) is 67.2 Å². The molecule has 0 aliphatic carbocycles. The molecule has 0 bridgehead atoms. The lowest BCUT2D eigenvalue weighted by molar-refractivity contribution is -0.149. The van der Waals surface area contributed by atoms with Crippen LogP contribution >= 0.6 is 0 Å². The highest BCUT2D eigenvalue weighted by Gasteiger charge is 2.37. The third-order valence-corrected chi connectivity index (χ3v) is 3.99. The standard InChI is InChI=1S/C15H24N4O2/c1-5-11-8-12(19(7-3)17-11)9-18-13(6-2)14(20)16-10(4)15(18)21/h8,10,13H,5-7,9H2,1-4H3,(H,16,20). The molecule has 2 amide bonds. The summed E-state index contributed by atoms with van der Waals surface area (Å²) >= 11 is 0. The molecule has 1 saturated heterocycles. The predicted molar refractivity (Wildman–Crippen MR) is 79.5 cm³/mol. The first-order valence-electron chi connectivity index (χ1n) is 7.68. The number of carbonyl (C=O) groups is 2. The van der Waals surface area contributed by atoms with Crippen LogP contribution in [-0.2, 0) is 29.1 Å². The van der Waals surface area contributed by atoms with E-state index in [1.165, 1.54) is 0 Å². The van der Waals surface area contributed by atoms with Crippen LogP contribution in [0.25, 0.3) is 0 Å². The van der Waals surface area contributed by atoms with Gasteiger partial charge in [0.2, 0.25) is 11.8 Å². The van der Waals surface area contributed by atoms with Gasteiger partial charge in [0.25, 0.3) is 0 Å². The Morgan fingerprint density at radius 3 is 2.57 bits per heavy atom. The maximum Gasteiger partial charge on any atom is 0.245 e. The van der Waals surface area contributed by atoms with Crippen molar-refractivity contribution in [3.8, 4) is 0 Å². The number of aryl methyl sites for hydroxylation is 2. The molecule has 21 heavy (non-hydrogen) atoms. The number of carbonyl (C=O) groups excluding carboxylic acids is 2. The van der Waals surface area contributed by atoms with Crippen LogP contribution < -0.4 is 5.32 Å². The molecule has 0 radical (unpaired) electrons. The molecule has 0 aromatic carbocycles. The Labute approximate surface area is 125 Å². The molecule has 1 aliphatic rings. The molecular weight excluding hydrogens is 268 g/mol. The molecule has 0 spiro atoms. The molecule has 2 heterocycles. The highest BCUT2D eigenvalue weighted by atomic mass is 16.2. The van der Waals surface area contributed by atoms with Crippen LogP contribution in [0.3, 0.4) is 0 Å². The zero-order chi connectivity index (χ0) is 15.6. The molecule has 6 heteroatoms. The summed E-state index contributed by atoms with van der Waals surface area (Å²) in [4.78, 5) is 26.2. The summed E-state index contributed by atoms with van der Waals surface area (Å²) in [6.07, 6.45) is 1.48. The molecular formula is C15H24N4O2. The fraction of sp³-hybridized carbons (Fsp3) is 0.667. The Balaban J connectivity index is 2.28. The Kier molecular flexibility index (Phi) is 4.65. The van der Waals surface area contributed by atoms with E-state index in [2.05, 4.69) is 17.3 Å². The number of nitrogens with zero attached hydrogens (tertiary/aromatic N) is 3. The lowest BCUT2D eigenvalue weighted by Gasteiger charge is -2.37. The third-order valence-electron chi connectivity index (χ3n) is 3.99. The second-order valence-electron chi connectivity index (χ2n) is 5.42. The van der Waals surface area contributed by atoms with E-state index in [1.807, 2.05) is 24.6 Å². The largest absolute Gasteiger partial charge is 0.343 e.